The molecule has 0 heterocycles. The maximum atomic E-state index is 10.3. The number of hydrogen-bond acceptors (Lipinski definition) is 3. The summed E-state index contributed by atoms with van der Waals surface area (Å²) in [6, 6.07) is 0. The number of carboxylic acid groups (broad SMARTS) is 1. The second kappa shape index (κ2) is 3.62. The third-order valence-corrected chi connectivity index (χ3v) is 0.714. The molecule has 0 unspecified atom stereocenters. The molecule has 0 rings (SSSR count). The Morgan fingerprint density at radius 1 is 1.60 bits per heavy atom. The van der Waals surface area contributed by atoms with Crippen LogP contribution in [0.25, 0.3) is 0 Å². The topological polar surface area (TPSA) is 77.8 Å². The Kier molecular flexibility index (Phi) is 3.13. The molecule has 0 bridgehead atoms. The van der Waals surface area contributed by atoms with Crippen molar-refractivity contribution in [2.24, 2.45) is 0 Å². The van der Waals surface area contributed by atoms with Crippen molar-refractivity contribution in [2.45, 2.75) is 0 Å². The molecule has 0 atom stereocenters. The van der Waals surface area contributed by atoms with E-state index in [2.05, 4.69) is 6.58 Å². The van der Waals surface area contributed by atoms with Gasteiger partial charge < -0.3 is 5.11 Å². The van der Waals surface area contributed by atoms with E-state index < -0.39 is 18.4 Å². The molecule has 0 aromatic heterocycles. The zero-order valence-corrected chi connectivity index (χ0v) is 5.15. The van der Waals surface area contributed by atoms with Gasteiger partial charge in [0.15, 0.2) is 0 Å². The van der Waals surface area contributed by atoms with Crippen LogP contribution in [-0.2, 0) is 9.59 Å². The molecule has 0 radical (unpaired) electrons. The average molecular weight is 145 g/mol. The normalized spacial score (nSPS) is 8.50. The van der Waals surface area contributed by atoms with Gasteiger partial charge in [0.2, 0.25) is 0 Å². The summed E-state index contributed by atoms with van der Waals surface area (Å²) in [5, 5.41) is 16.6. The van der Waals surface area contributed by atoms with Crippen LogP contribution >= 0.6 is 0 Å². The van der Waals surface area contributed by atoms with Crippen molar-refractivity contribution >= 4 is 11.9 Å². The van der Waals surface area contributed by atoms with Crippen molar-refractivity contribution in [3.8, 4) is 0 Å². The van der Waals surface area contributed by atoms with E-state index in [9.17, 15) is 9.59 Å². The molecule has 2 N–H and O–H groups in total. The van der Waals surface area contributed by atoms with Gasteiger partial charge in [0.25, 0.3) is 5.91 Å². The summed E-state index contributed by atoms with van der Waals surface area (Å²) in [6.45, 7) is 2.31. The lowest BCUT2D eigenvalue weighted by Gasteiger charge is -2.07. The number of carboxylic acids is 1. The summed E-state index contributed by atoms with van der Waals surface area (Å²) in [5.41, 5.74) is 0. The predicted octanol–water partition coefficient (Wildman–Crippen LogP) is -0.525. The Hall–Kier alpha value is -1.36. The van der Waals surface area contributed by atoms with Gasteiger partial charge in [0.1, 0.15) is 6.54 Å². The van der Waals surface area contributed by atoms with Crippen molar-refractivity contribution in [1.82, 2.24) is 5.06 Å². The van der Waals surface area contributed by atoms with Crippen molar-refractivity contribution in [3.05, 3.63) is 12.7 Å². The molecule has 0 aliphatic heterocycles. The van der Waals surface area contributed by atoms with Crippen LogP contribution in [0.1, 0.15) is 0 Å². The van der Waals surface area contributed by atoms with E-state index in [0.29, 0.717) is 0 Å². The Morgan fingerprint density at radius 2 is 2.10 bits per heavy atom. The highest BCUT2D eigenvalue weighted by molar-refractivity contribution is 5.88. The van der Waals surface area contributed by atoms with Crippen LogP contribution in [0.5, 0.6) is 0 Å². The minimum Gasteiger partial charge on any atom is -0.480 e. The molecule has 0 aromatic carbocycles. The molecule has 56 valence electrons. The number of hydroxylamine groups is 2. The number of rotatable bonds is 3. The monoisotopic (exact) mass is 145 g/mol. The van der Waals surface area contributed by atoms with E-state index in [-0.39, 0.29) is 5.06 Å². The molecule has 5 nitrogen and oxygen atoms in total. The Bertz CT molecular complexity index is 165. The number of hydrogen-bond donors (Lipinski definition) is 2. The molecular weight excluding hydrogens is 138 g/mol. The summed E-state index contributed by atoms with van der Waals surface area (Å²) in [7, 11) is 0. The molecule has 10 heavy (non-hydrogen) atoms. The highest BCUT2D eigenvalue weighted by Gasteiger charge is 2.09. The first kappa shape index (κ1) is 8.64. The van der Waals surface area contributed by atoms with Gasteiger partial charge >= 0.3 is 5.97 Å². The standard InChI is InChI=1S/C5H7NO4/c1-2-4(7)6(10)3-5(8)9/h2,10H,1,3H2,(H,8,9). The quantitative estimate of drug-likeness (QED) is 0.318. The lowest BCUT2D eigenvalue weighted by atomic mass is 10.5. The molecule has 0 saturated carbocycles. The van der Waals surface area contributed by atoms with Crippen molar-refractivity contribution < 1.29 is 19.9 Å². The Balaban J connectivity index is 3.84. The number of nitrogens with zero attached hydrogens (tertiary/aromatic N) is 1. The van der Waals surface area contributed by atoms with Crippen molar-refractivity contribution in [3.63, 3.8) is 0 Å². The van der Waals surface area contributed by atoms with Crippen LogP contribution in [0.3, 0.4) is 0 Å². The summed E-state index contributed by atoms with van der Waals surface area (Å²) in [6.07, 6.45) is 0.822. The first-order valence-electron chi connectivity index (χ1n) is 2.42. The maximum absolute atomic E-state index is 10.3. The van der Waals surface area contributed by atoms with Crippen LogP contribution in [0.4, 0.5) is 0 Å². The van der Waals surface area contributed by atoms with Gasteiger partial charge in [0.05, 0.1) is 0 Å². The molecule has 0 aromatic rings. The van der Waals surface area contributed by atoms with E-state index in [1.54, 1.807) is 0 Å². The SMILES string of the molecule is C=CC(=O)N(O)CC(=O)O. The predicted molar refractivity (Wildman–Crippen MR) is 31.3 cm³/mol. The van der Waals surface area contributed by atoms with E-state index in [1.165, 1.54) is 0 Å². The van der Waals surface area contributed by atoms with Gasteiger partial charge in [-0.15, -0.1) is 0 Å². The zero-order valence-electron chi connectivity index (χ0n) is 5.15. The fourth-order valence-electron chi connectivity index (χ4n) is 0.311. The van der Waals surface area contributed by atoms with E-state index in [4.69, 9.17) is 10.3 Å². The molecule has 0 aliphatic carbocycles. The molecule has 0 aliphatic rings. The largest absolute Gasteiger partial charge is 0.480 e. The molecule has 0 saturated heterocycles. The summed E-state index contributed by atoms with van der Waals surface area (Å²) < 4.78 is 0. The average Bonchev–Trinajstić information content (AvgIpc) is 1.85. The molecule has 1 amide bonds. The van der Waals surface area contributed by atoms with Gasteiger partial charge in [-0.1, -0.05) is 6.58 Å². The van der Waals surface area contributed by atoms with Gasteiger partial charge in [-0.05, 0) is 6.08 Å². The van der Waals surface area contributed by atoms with Crippen LogP contribution < -0.4 is 0 Å². The maximum Gasteiger partial charge on any atom is 0.325 e. The highest BCUT2D eigenvalue weighted by Crippen LogP contribution is 1.83. The minimum absolute atomic E-state index is 0.0648. The lowest BCUT2D eigenvalue weighted by molar-refractivity contribution is -0.169. The number of aliphatic carboxylic acids is 1. The number of carbonyl (C=O) groups excluding carboxylic acids is 1. The summed E-state index contributed by atoms with van der Waals surface area (Å²) in [5.74, 6) is -2.11. The second-order valence-corrected chi connectivity index (χ2v) is 1.49. The van der Waals surface area contributed by atoms with Gasteiger partial charge in [-0.3, -0.25) is 14.8 Å². The van der Waals surface area contributed by atoms with E-state index in [1.807, 2.05) is 0 Å². The lowest BCUT2D eigenvalue weighted by Crippen LogP contribution is -2.30. The summed E-state index contributed by atoms with van der Waals surface area (Å²) >= 11 is 0. The van der Waals surface area contributed by atoms with Crippen LogP contribution in [-0.4, -0.2) is 33.8 Å². The molecule has 0 fully saturated rings. The third kappa shape index (κ3) is 2.83. The Morgan fingerprint density at radius 3 is 2.40 bits per heavy atom. The van der Waals surface area contributed by atoms with Gasteiger partial charge in [-0.2, -0.15) is 0 Å². The molecule has 5 heteroatoms. The fourth-order valence-corrected chi connectivity index (χ4v) is 0.311. The van der Waals surface area contributed by atoms with Gasteiger partial charge in [0, 0.05) is 0 Å². The van der Waals surface area contributed by atoms with Crippen LogP contribution in [0, 0.1) is 0 Å². The van der Waals surface area contributed by atoms with Crippen molar-refractivity contribution in [1.29, 1.82) is 0 Å². The van der Waals surface area contributed by atoms with E-state index in [0.717, 1.165) is 6.08 Å². The fraction of sp³-hybridized carbons (Fsp3) is 0.200. The first-order valence-corrected chi connectivity index (χ1v) is 2.42. The smallest absolute Gasteiger partial charge is 0.325 e. The highest BCUT2D eigenvalue weighted by atomic mass is 16.5. The van der Waals surface area contributed by atoms with E-state index >= 15 is 0 Å². The molecular formula is C5H7NO4. The Labute approximate surface area is 57.1 Å². The van der Waals surface area contributed by atoms with Crippen LogP contribution in [0.2, 0.25) is 0 Å². The number of amides is 1. The minimum atomic E-state index is -1.28. The van der Waals surface area contributed by atoms with Crippen molar-refractivity contribution in [2.75, 3.05) is 6.54 Å². The summed E-state index contributed by atoms with van der Waals surface area (Å²) in [4.78, 5) is 20.2. The first-order chi connectivity index (χ1) is 4.57. The second-order valence-electron chi connectivity index (χ2n) is 1.49. The molecule has 0 spiro atoms. The van der Waals surface area contributed by atoms with Crippen LogP contribution in [0.15, 0.2) is 12.7 Å². The zero-order chi connectivity index (χ0) is 8.15. The van der Waals surface area contributed by atoms with Gasteiger partial charge in [-0.25, -0.2) is 5.06 Å². The number of carbonyl (C=O) groups is 2. The third-order valence-electron chi connectivity index (χ3n) is 0.714.